The standard InChI is InChI=1S/C16H14ClN3O3/c1-10(6-18)4-15(21)13-3-2-12(17)5-14(13)11-7-19-20(8-11)9-16(22)23/h2-3,5,7-8,15,21H,1,4,9H2,(H,22,23)/t15-/m1/s1. The summed E-state index contributed by atoms with van der Waals surface area (Å²) < 4.78 is 1.28. The molecule has 0 spiro atoms. The van der Waals surface area contributed by atoms with Gasteiger partial charge < -0.3 is 10.2 Å². The SMILES string of the molecule is C=C(C#N)C[C@@H](O)c1ccc(Cl)cc1-c1cnn(CC(=O)O)c1. The molecule has 0 saturated heterocycles. The van der Waals surface area contributed by atoms with Gasteiger partial charge in [0.05, 0.1) is 18.4 Å². The summed E-state index contributed by atoms with van der Waals surface area (Å²) in [5, 5.41) is 32.4. The molecule has 1 aromatic carbocycles. The van der Waals surface area contributed by atoms with E-state index in [4.69, 9.17) is 22.0 Å². The van der Waals surface area contributed by atoms with Crippen molar-refractivity contribution in [3.63, 3.8) is 0 Å². The Hall–Kier alpha value is -2.62. The van der Waals surface area contributed by atoms with Crippen molar-refractivity contribution in [2.24, 2.45) is 0 Å². The van der Waals surface area contributed by atoms with Crippen LogP contribution in [0.2, 0.25) is 5.02 Å². The summed E-state index contributed by atoms with van der Waals surface area (Å²) in [4.78, 5) is 10.7. The molecule has 7 heteroatoms. The molecule has 6 nitrogen and oxygen atoms in total. The average Bonchev–Trinajstić information content (AvgIpc) is 2.94. The average molecular weight is 332 g/mol. The fourth-order valence-corrected chi connectivity index (χ4v) is 2.36. The van der Waals surface area contributed by atoms with Gasteiger partial charge in [-0.2, -0.15) is 10.4 Å². The molecule has 0 amide bonds. The topological polar surface area (TPSA) is 99.1 Å². The molecule has 118 valence electrons. The number of nitriles is 1. The number of carbonyl (C=O) groups is 1. The Morgan fingerprint density at radius 1 is 1.52 bits per heavy atom. The molecule has 2 aromatic rings. The van der Waals surface area contributed by atoms with E-state index in [1.165, 1.54) is 10.9 Å². The van der Waals surface area contributed by atoms with Crippen LogP contribution < -0.4 is 0 Å². The molecule has 0 radical (unpaired) electrons. The quantitative estimate of drug-likeness (QED) is 0.793. The van der Waals surface area contributed by atoms with Gasteiger partial charge in [-0.25, -0.2) is 0 Å². The van der Waals surface area contributed by atoms with Crippen LogP contribution in [-0.2, 0) is 11.3 Å². The van der Waals surface area contributed by atoms with E-state index in [0.29, 0.717) is 21.7 Å². The molecule has 23 heavy (non-hydrogen) atoms. The van der Waals surface area contributed by atoms with Crippen LogP contribution in [0.25, 0.3) is 11.1 Å². The monoisotopic (exact) mass is 331 g/mol. The van der Waals surface area contributed by atoms with E-state index < -0.39 is 12.1 Å². The third-order valence-electron chi connectivity index (χ3n) is 3.21. The molecule has 2 N–H and O–H groups in total. The summed E-state index contributed by atoms with van der Waals surface area (Å²) in [7, 11) is 0. The van der Waals surface area contributed by atoms with Crippen LogP contribution in [0.1, 0.15) is 18.1 Å². The van der Waals surface area contributed by atoms with E-state index in [1.807, 2.05) is 6.07 Å². The number of aliphatic hydroxyl groups is 1. The summed E-state index contributed by atoms with van der Waals surface area (Å²) in [6.07, 6.45) is 2.25. The molecule has 1 atom stereocenters. The van der Waals surface area contributed by atoms with Gasteiger partial charge in [-0.1, -0.05) is 24.2 Å². The minimum Gasteiger partial charge on any atom is -0.480 e. The van der Waals surface area contributed by atoms with Gasteiger partial charge in [-0.05, 0) is 23.3 Å². The number of carboxylic acids is 1. The molecular weight excluding hydrogens is 318 g/mol. The van der Waals surface area contributed by atoms with E-state index in [0.717, 1.165) is 0 Å². The Kier molecular flexibility index (Phi) is 5.16. The van der Waals surface area contributed by atoms with Crippen molar-refractivity contribution in [3.8, 4) is 17.2 Å². The largest absolute Gasteiger partial charge is 0.480 e. The Bertz CT molecular complexity index is 792. The predicted molar refractivity (Wildman–Crippen MR) is 84.6 cm³/mol. The van der Waals surface area contributed by atoms with Crippen molar-refractivity contribution in [1.82, 2.24) is 9.78 Å². The number of halogens is 1. The minimum atomic E-state index is -1.00. The second-order valence-corrected chi connectivity index (χ2v) is 5.42. The van der Waals surface area contributed by atoms with Crippen LogP contribution in [0.5, 0.6) is 0 Å². The zero-order chi connectivity index (χ0) is 17.0. The predicted octanol–water partition coefficient (Wildman–Crippen LogP) is 2.79. The smallest absolute Gasteiger partial charge is 0.325 e. The van der Waals surface area contributed by atoms with Gasteiger partial charge in [-0.15, -0.1) is 0 Å². The van der Waals surface area contributed by atoms with Crippen LogP contribution in [0.3, 0.4) is 0 Å². The number of hydrogen-bond donors (Lipinski definition) is 2. The van der Waals surface area contributed by atoms with Gasteiger partial charge in [0.2, 0.25) is 0 Å². The van der Waals surface area contributed by atoms with E-state index >= 15 is 0 Å². The van der Waals surface area contributed by atoms with Crippen LogP contribution in [0.4, 0.5) is 0 Å². The maximum Gasteiger partial charge on any atom is 0.325 e. The van der Waals surface area contributed by atoms with Crippen molar-refractivity contribution >= 4 is 17.6 Å². The van der Waals surface area contributed by atoms with Crippen LogP contribution >= 0.6 is 11.6 Å². The highest BCUT2D eigenvalue weighted by Crippen LogP contribution is 2.33. The number of hydrogen-bond acceptors (Lipinski definition) is 4. The van der Waals surface area contributed by atoms with Crippen LogP contribution in [-0.4, -0.2) is 26.0 Å². The zero-order valence-electron chi connectivity index (χ0n) is 12.1. The lowest BCUT2D eigenvalue weighted by Crippen LogP contribution is -2.08. The number of aliphatic carboxylic acids is 1. The molecule has 0 unspecified atom stereocenters. The first-order chi connectivity index (χ1) is 10.9. The lowest BCUT2D eigenvalue weighted by atomic mass is 9.95. The van der Waals surface area contributed by atoms with E-state index in [1.54, 1.807) is 24.4 Å². The lowest BCUT2D eigenvalue weighted by molar-refractivity contribution is -0.137. The number of rotatable bonds is 6. The summed E-state index contributed by atoms with van der Waals surface area (Å²) >= 11 is 6.02. The second kappa shape index (κ2) is 7.09. The summed E-state index contributed by atoms with van der Waals surface area (Å²) in [6.45, 7) is 3.31. The molecule has 0 bridgehead atoms. The molecule has 1 heterocycles. The van der Waals surface area contributed by atoms with Gasteiger partial charge in [-0.3, -0.25) is 9.48 Å². The number of aliphatic hydroxyl groups excluding tert-OH is 1. The molecule has 0 fully saturated rings. The molecule has 0 aliphatic rings. The van der Waals surface area contributed by atoms with Crippen molar-refractivity contribution in [1.29, 1.82) is 5.26 Å². The molecule has 0 saturated carbocycles. The third kappa shape index (κ3) is 4.19. The first-order valence-electron chi connectivity index (χ1n) is 6.70. The molecule has 0 aliphatic carbocycles. The first kappa shape index (κ1) is 16.7. The molecular formula is C16H14ClN3O3. The van der Waals surface area contributed by atoms with Crippen LogP contribution in [0.15, 0.2) is 42.7 Å². The zero-order valence-corrected chi connectivity index (χ0v) is 12.9. The highest BCUT2D eigenvalue weighted by Gasteiger charge is 2.17. The highest BCUT2D eigenvalue weighted by atomic mass is 35.5. The maximum absolute atomic E-state index is 10.7. The van der Waals surface area contributed by atoms with Gasteiger partial charge in [0.15, 0.2) is 0 Å². The minimum absolute atomic E-state index is 0.106. The van der Waals surface area contributed by atoms with E-state index in [2.05, 4.69) is 11.7 Å². The molecule has 0 aliphatic heterocycles. The van der Waals surface area contributed by atoms with Crippen LogP contribution in [0, 0.1) is 11.3 Å². The number of benzene rings is 1. The van der Waals surface area contributed by atoms with Crippen molar-refractivity contribution in [2.45, 2.75) is 19.1 Å². The highest BCUT2D eigenvalue weighted by molar-refractivity contribution is 6.30. The van der Waals surface area contributed by atoms with Gasteiger partial charge in [0.25, 0.3) is 0 Å². The summed E-state index contributed by atoms with van der Waals surface area (Å²) in [6, 6.07) is 6.87. The maximum atomic E-state index is 10.7. The number of nitrogens with zero attached hydrogens (tertiary/aromatic N) is 3. The third-order valence-corrected chi connectivity index (χ3v) is 3.45. The van der Waals surface area contributed by atoms with E-state index in [-0.39, 0.29) is 18.5 Å². The second-order valence-electron chi connectivity index (χ2n) is 4.99. The van der Waals surface area contributed by atoms with Gasteiger partial charge >= 0.3 is 5.97 Å². The Morgan fingerprint density at radius 3 is 2.91 bits per heavy atom. The summed E-state index contributed by atoms with van der Waals surface area (Å²) in [5.41, 5.74) is 2.10. The van der Waals surface area contributed by atoms with Gasteiger partial charge in [0, 0.05) is 28.8 Å². The Morgan fingerprint density at radius 2 is 2.26 bits per heavy atom. The molecule has 1 aromatic heterocycles. The van der Waals surface area contributed by atoms with E-state index in [9.17, 15) is 9.90 Å². The number of carboxylic acid groups (broad SMARTS) is 1. The fourth-order valence-electron chi connectivity index (χ4n) is 2.19. The fraction of sp³-hybridized carbons (Fsp3) is 0.188. The van der Waals surface area contributed by atoms with Crippen molar-refractivity contribution < 1.29 is 15.0 Å². The van der Waals surface area contributed by atoms with Gasteiger partial charge in [0.1, 0.15) is 6.54 Å². The number of aromatic nitrogens is 2. The van der Waals surface area contributed by atoms with Crippen molar-refractivity contribution in [2.75, 3.05) is 0 Å². The van der Waals surface area contributed by atoms with Crippen molar-refractivity contribution in [3.05, 3.63) is 53.3 Å². The lowest BCUT2D eigenvalue weighted by Gasteiger charge is -2.14. The normalized spacial score (nSPS) is 11.7. The summed E-state index contributed by atoms with van der Waals surface area (Å²) in [5.74, 6) is -1.00. The first-order valence-corrected chi connectivity index (χ1v) is 7.08. The Balaban J connectivity index is 2.39. The Labute approximate surface area is 137 Å². The molecule has 2 rings (SSSR count).